The maximum absolute atomic E-state index is 12.3. The first-order valence-corrected chi connectivity index (χ1v) is 8.27. The fourth-order valence-electron chi connectivity index (χ4n) is 2.57. The van der Waals surface area contributed by atoms with Crippen molar-refractivity contribution in [3.63, 3.8) is 0 Å². The van der Waals surface area contributed by atoms with Gasteiger partial charge in [0, 0.05) is 32.2 Å². The molecule has 1 saturated heterocycles. The van der Waals surface area contributed by atoms with Crippen LogP contribution in [0.3, 0.4) is 0 Å². The fraction of sp³-hybridized carbons (Fsp3) is 0.471. The normalized spacial score (nSPS) is 14.8. The predicted molar refractivity (Wildman–Crippen MR) is 93.9 cm³/mol. The van der Waals surface area contributed by atoms with Crippen molar-refractivity contribution in [1.29, 1.82) is 0 Å². The number of nitrogens with two attached hydrogens (primary N) is 1. The molecule has 0 aliphatic carbocycles. The van der Waals surface area contributed by atoms with Crippen LogP contribution in [0.2, 0.25) is 0 Å². The van der Waals surface area contributed by atoms with E-state index in [4.69, 9.17) is 10.5 Å². The van der Waals surface area contributed by atoms with Crippen LogP contribution < -0.4 is 16.0 Å². The van der Waals surface area contributed by atoms with Gasteiger partial charge in [0.15, 0.2) is 0 Å². The maximum Gasteiger partial charge on any atom is 0.323 e. The third-order valence-corrected chi connectivity index (χ3v) is 3.90. The molecular weight excluding hydrogens is 324 g/mol. The first-order chi connectivity index (χ1) is 12.0. The minimum atomic E-state index is -0.899. The average molecular weight is 348 g/mol. The lowest BCUT2D eigenvalue weighted by atomic mass is 10.2. The summed E-state index contributed by atoms with van der Waals surface area (Å²) in [4.78, 5) is 39.2. The molecule has 0 atom stereocenters. The van der Waals surface area contributed by atoms with Crippen molar-refractivity contribution < 1.29 is 19.1 Å². The van der Waals surface area contributed by atoms with Gasteiger partial charge in [-0.2, -0.15) is 0 Å². The van der Waals surface area contributed by atoms with Crippen LogP contribution in [-0.4, -0.2) is 62.0 Å². The van der Waals surface area contributed by atoms with Gasteiger partial charge >= 0.3 is 11.8 Å². The molecule has 0 spiro atoms. The lowest BCUT2D eigenvalue weighted by molar-refractivity contribution is -0.139. The van der Waals surface area contributed by atoms with Gasteiger partial charge in [-0.1, -0.05) is 0 Å². The van der Waals surface area contributed by atoms with Crippen LogP contribution in [0.15, 0.2) is 24.3 Å². The Kier molecular flexibility index (Phi) is 6.91. The molecule has 25 heavy (non-hydrogen) atoms. The zero-order valence-electron chi connectivity index (χ0n) is 14.4. The Hall–Kier alpha value is -2.45. The van der Waals surface area contributed by atoms with E-state index in [1.54, 1.807) is 12.1 Å². The lowest BCUT2D eigenvalue weighted by Gasteiger charge is -2.26. The maximum atomic E-state index is 12.3. The van der Waals surface area contributed by atoms with E-state index >= 15 is 0 Å². The standard InChI is InChI=1S/C17H24N4O4/c1-13(22)21(15-5-3-14(18)4-6-15)17(24)16(23)19-7-2-8-20-9-11-25-12-10-20/h3-6H,2,7-12,18H2,1H3,(H,19,23). The highest BCUT2D eigenvalue weighted by Gasteiger charge is 2.26. The number of carbonyl (C=O) groups is 3. The zero-order chi connectivity index (χ0) is 18.2. The first kappa shape index (κ1) is 18.9. The number of rotatable bonds is 5. The van der Waals surface area contributed by atoms with E-state index < -0.39 is 17.7 Å². The number of amides is 3. The van der Waals surface area contributed by atoms with E-state index in [2.05, 4.69) is 10.2 Å². The van der Waals surface area contributed by atoms with Gasteiger partial charge in [0.1, 0.15) is 0 Å². The summed E-state index contributed by atoms with van der Waals surface area (Å²) in [5.41, 5.74) is 6.42. The second-order valence-electron chi connectivity index (χ2n) is 5.81. The molecule has 8 nitrogen and oxygen atoms in total. The second-order valence-corrected chi connectivity index (χ2v) is 5.81. The molecule has 3 amide bonds. The van der Waals surface area contributed by atoms with Crippen molar-refractivity contribution in [3.8, 4) is 0 Å². The van der Waals surface area contributed by atoms with E-state index in [0.29, 0.717) is 17.9 Å². The molecule has 0 radical (unpaired) electrons. The van der Waals surface area contributed by atoms with Crippen molar-refractivity contribution >= 4 is 29.1 Å². The summed E-state index contributed by atoms with van der Waals surface area (Å²) in [6.45, 7) is 5.63. The largest absolute Gasteiger partial charge is 0.399 e. The molecule has 136 valence electrons. The van der Waals surface area contributed by atoms with E-state index in [-0.39, 0.29) is 0 Å². The summed E-state index contributed by atoms with van der Waals surface area (Å²) in [7, 11) is 0. The number of ether oxygens (including phenoxy) is 1. The Bertz CT molecular complexity index is 612. The number of morpholine rings is 1. The van der Waals surface area contributed by atoms with Crippen molar-refractivity contribution in [2.75, 3.05) is 50.0 Å². The van der Waals surface area contributed by atoms with Crippen molar-refractivity contribution in [3.05, 3.63) is 24.3 Å². The van der Waals surface area contributed by atoms with Crippen LogP contribution in [0, 0.1) is 0 Å². The number of nitrogen functional groups attached to an aromatic ring is 1. The second kappa shape index (κ2) is 9.14. The minimum absolute atomic E-state index is 0.315. The van der Waals surface area contributed by atoms with Crippen molar-refractivity contribution in [2.24, 2.45) is 0 Å². The average Bonchev–Trinajstić information content (AvgIpc) is 2.61. The number of nitrogens with one attached hydrogen (secondary N) is 1. The van der Waals surface area contributed by atoms with Crippen LogP contribution >= 0.6 is 0 Å². The molecule has 3 N–H and O–H groups in total. The Balaban J connectivity index is 1.84. The zero-order valence-corrected chi connectivity index (χ0v) is 14.4. The lowest BCUT2D eigenvalue weighted by Crippen LogP contribution is -2.46. The number of imide groups is 1. The van der Waals surface area contributed by atoms with Gasteiger partial charge in [0.25, 0.3) is 0 Å². The molecule has 0 unspecified atom stereocenters. The monoisotopic (exact) mass is 348 g/mol. The van der Waals surface area contributed by atoms with Crippen LogP contribution in [0.1, 0.15) is 13.3 Å². The third kappa shape index (κ3) is 5.54. The molecule has 1 aliphatic heterocycles. The van der Waals surface area contributed by atoms with Gasteiger partial charge in [-0.15, -0.1) is 0 Å². The predicted octanol–water partition coefficient (Wildman–Crippen LogP) is -0.0132. The van der Waals surface area contributed by atoms with Crippen molar-refractivity contribution in [1.82, 2.24) is 10.2 Å². The Morgan fingerprint density at radius 2 is 1.84 bits per heavy atom. The topological polar surface area (TPSA) is 105 Å². The van der Waals surface area contributed by atoms with Crippen LogP contribution in [-0.2, 0) is 19.1 Å². The summed E-state index contributed by atoms with van der Waals surface area (Å²) in [6.07, 6.45) is 0.723. The molecule has 0 saturated carbocycles. The summed E-state index contributed by atoms with van der Waals surface area (Å²) < 4.78 is 5.27. The number of benzene rings is 1. The van der Waals surface area contributed by atoms with Gasteiger partial charge in [0.2, 0.25) is 5.91 Å². The molecule has 2 rings (SSSR count). The summed E-state index contributed by atoms with van der Waals surface area (Å²) >= 11 is 0. The number of carbonyl (C=O) groups excluding carboxylic acids is 3. The summed E-state index contributed by atoms with van der Waals surface area (Å²) in [5.74, 6) is -2.23. The number of hydrogen-bond acceptors (Lipinski definition) is 6. The van der Waals surface area contributed by atoms with Crippen LogP contribution in [0.25, 0.3) is 0 Å². The van der Waals surface area contributed by atoms with E-state index in [1.165, 1.54) is 19.1 Å². The Labute approximate surface area is 146 Å². The van der Waals surface area contributed by atoms with Crippen LogP contribution in [0.4, 0.5) is 11.4 Å². The molecule has 1 heterocycles. The van der Waals surface area contributed by atoms with E-state index in [9.17, 15) is 14.4 Å². The van der Waals surface area contributed by atoms with Gasteiger partial charge < -0.3 is 15.8 Å². The molecule has 1 fully saturated rings. The van der Waals surface area contributed by atoms with Gasteiger partial charge in [0.05, 0.1) is 18.9 Å². The van der Waals surface area contributed by atoms with Gasteiger partial charge in [-0.25, -0.2) is 4.90 Å². The summed E-state index contributed by atoms with van der Waals surface area (Å²) in [6, 6.07) is 6.19. The Morgan fingerprint density at radius 3 is 2.44 bits per heavy atom. The van der Waals surface area contributed by atoms with E-state index in [1.807, 2.05) is 0 Å². The number of nitrogens with zero attached hydrogens (tertiary/aromatic N) is 2. The highest BCUT2D eigenvalue weighted by molar-refractivity contribution is 6.45. The first-order valence-electron chi connectivity index (χ1n) is 8.27. The molecule has 1 aromatic rings. The summed E-state index contributed by atoms with van der Waals surface area (Å²) in [5, 5.41) is 2.57. The quantitative estimate of drug-likeness (QED) is 0.440. The molecule has 1 aromatic carbocycles. The molecule has 8 heteroatoms. The highest BCUT2D eigenvalue weighted by Crippen LogP contribution is 2.16. The number of hydrogen-bond donors (Lipinski definition) is 2. The van der Waals surface area contributed by atoms with Gasteiger partial charge in [-0.3, -0.25) is 19.3 Å². The number of anilines is 2. The highest BCUT2D eigenvalue weighted by atomic mass is 16.5. The molecule has 1 aliphatic rings. The smallest absolute Gasteiger partial charge is 0.323 e. The SMILES string of the molecule is CC(=O)N(C(=O)C(=O)NCCCN1CCOCC1)c1ccc(N)cc1. The van der Waals surface area contributed by atoms with Crippen molar-refractivity contribution in [2.45, 2.75) is 13.3 Å². The van der Waals surface area contributed by atoms with Gasteiger partial charge in [-0.05, 0) is 37.2 Å². The van der Waals surface area contributed by atoms with E-state index in [0.717, 1.165) is 44.2 Å². The Morgan fingerprint density at radius 1 is 1.20 bits per heavy atom. The molecular formula is C17H24N4O4. The van der Waals surface area contributed by atoms with Crippen LogP contribution in [0.5, 0.6) is 0 Å². The minimum Gasteiger partial charge on any atom is -0.399 e. The third-order valence-electron chi connectivity index (χ3n) is 3.90. The molecule has 0 aromatic heterocycles. The molecule has 0 bridgehead atoms. The fourth-order valence-corrected chi connectivity index (χ4v) is 2.57.